The summed E-state index contributed by atoms with van der Waals surface area (Å²) in [7, 11) is 1.67. The van der Waals surface area contributed by atoms with Crippen LogP contribution >= 0.6 is 0 Å². The Morgan fingerprint density at radius 2 is 1.67 bits per heavy atom. The van der Waals surface area contributed by atoms with Gasteiger partial charge in [-0.3, -0.25) is 4.79 Å². The van der Waals surface area contributed by atoms with Crippen molar-refractivity contribution in [2.24, 2.45) is 13.0 Å². The monoisotopic (exact) mass is 449 g/mol. The Balaban J connectivity index is 1.36. The van der Waals surface area contributed by atoms with Crippen molar-refractivity contribution < 1.29 is 14.3 Å². The lowest BCUT2D eigenvalue weighted by atomic mass is 9.98. The first kappa shape index (κ1) is 22.8. The van der Waals surface area contributed by atoms with Gasteiger partial charge in [0, 0.05) is 31.1 Å². The van der Waals surface area contributed by atoms with Crippen LogP contribution in [0.2, 0.25) is 0 Å². The van der Waals surface area contributed by atoms with E-state index in [4.69, 9.17) is 9.47 Å². The van der Waals surface area contributed by atoms with Crippen molar-refractivity contribution in [2.45, 2.75) is 39.2 Å². The number of carbonyl (C=O) groups is 1. The number of hydrogen-bond donors (Lipinski definition) is 0. The van der Waals surface area contributed by atoms with Crippen molar-refractivity contribution in [3.05, 3.63) is 58.9 Å². The summed E-state index contributed by atoms with van der Waals surface area (Å²) in [6.45, 7) is 7.64. The predicted octanol–water partition coefficient (Wildman–Crippen LogP) is 4.63. The van der Waals surface area contributed by atoms with Gasteiger partial charge < -0.3 is 14.4 Å². The molecule has 174 valence electrons. The molecule has 3 aromatic rings. The molecular formula is C26H31N3O4. The Kier molecular flexibility index (Phi) is 6.40. The average molecular weight is 450 g/mol. The summed E-state index contributed by atoms with van der Waals surface area (Å²) in [6.07, 6.45) is 1.55. The van der Waals surface area contributed by atoms with Gasteiger partial charge in [0.15, 0.2) is 0 Å². The summed E-state index contributed by atoms with van der Waals surface area (Å²) in [6, 6.07) is 15.3. The van der Waals surface area contributed by atoms with Crippen molar-refractivity contribution in [3.63, 3.8) is 0 Å². The van der Waals surface area contributed by atoms with E-state index in [1.165, 1.54) is 4.68 Å². The number of nitrogens with zero attached hydrogens (tertiary/aromatic N) is 3. The minimum atomic E-state index is -0.473. The van der Waals surface area contributed by atoms with E-state index < -0.39 is 5.60 Å². The lowest BCUT2D eigenvalue weighted by molar-refractivity contribution is 0.0165. The van der Waals surface area contributed by atoms with E-state index in [9.17, 15) is 9.59 Å². The minimum absolute atomic E-state index is 0.105. The molecule has 0 atom stereocenters. The van der Waals surface area contributed by atoms with Gasteiger partial charge in [0.25, 0.3) is 5.56 Å². The van der Waals surface area contributed by atoms with E-state index in [2.05, 4.69) is 5.10 Å². The fraction of sp³-hybridized carbons (Fsp3) is 0.423. The van der Waals surface area contributed by atoms with E-state index in [0.717, 1.165) is 35.2 Å². The van der Waals surface area contributed by atoms with Gasteiger partial charge >= 0.3 is 6.09 Å². The first-order valence-electron chi connectivity index (χ1n) is 11.4. The number of piperidine rings is 1. The molecule has 1 aliphatic heterocycles. The number of aromatic nitrogens is 2. The van der Waals surface area contributed by atoms with Crippen molar-refractivity contribution in [3.8, 4) is 17.0 Å². The first-order chi connectivity index (χ1) is 15.7. The van der Waals surface area contributed by atoms with Crippen LogP contribution in [-0.2, 0) is 11.8 Å². The van der Waals surface area contributed by atoms with E-state index in [-0.39, 0.29) is 11.7 Å². The molecule has 33 heavy (non-hydrogen) atoms. The molecule has 0 radical (unpaired) electrons. The summed E-state index contributed by atoms with van der Waals surface area (Å²) in [5.74, 6) is 1.19. The smallest absolute Gasteiger partial charge is 0.410 e. The lowest BCUT2D eigenvalue weighted by Gasteiger charge is -2.33. The first-order valence-corrected chi connectivity index (χ1v) is 11.4. The SMILES string of the molecule is Cn1nc(-c2ccc(OCC3CCN(C(=O)OC(C)(C)C)CC3)cc2)c2ccccc2c1=O. The Morgan fingerprint density at radius 3 is 2.30 bits per heavy atom. The second kappa shape index (κ2) is 9.25. The van der Waals surface area contributed by atoms with Gasteiger partial charge in [-0.25, -0.2) is 9.48 Å². The topological polar surface area (TPSA) is 73.7 Å². The fourth-order valence-electron chi connectivity index (χ4n) is 4.04. The van der Waals surface area contributed by atoms with Crippen LogP contribution in [0.3, 0.4) is 0 Å². The van der Waals surface area contributed by atoms with Gasteiger partial charge in [0.2, 0.25) is 0 Å². The number of carbonyl (C=O) groups excluding carboxylic acids is 1. The van der Waals surface area contributed by atoms with Crippen LogP contribution in [0.5, 0.6) is 5.75 Å². The van der Waals surface area contributed by atoms with E-state index >= 15 is 0 Å². The summed E-state index contributed by atoms with van der Waals surface area (Å²) in [4.78, 5) is 26.4. The maximum atomic E-state index is 12.4. The van der Waals surface area contributed by atoms with Gasteiger partial charge in [-0.15, -0.1) is 0 Å². The van der Waals surface area contributed by atoms with Crippen molar-refractivity contribution in [1.82, 2.24) is 14.7 Å². The number of likely N-dealkylation sites (tertiary alicyclic amines) is 1. The Hall–Kier alpha value is -3.35. The number of ether oxygens (including phenoxy) is 2. The molecule has 2 heterocycles. The lowest BCUT2D eigenvalue weighted by Crippen LogP contribution is -2.42. The average Bonchev–Trinajstić information content (AvgIpc) is 2.80. The largest absolute Gasteiger partial charge is 0.493 e. The quantitative estimate of drug-likeness (QED) is 0.581. The van der Waals surface area contributed by atoms with Gasteiger partial charge in [-0.05, 0) is 69.9 Å². The standard InChI is InChI=1S/C26H31N3O4/c1-26(2,3)33-25(31)29-15-13-18(14-16-29)17-32-20-11-9-19(10-12-20)23-21-7-5-6-8-22(21)24(30)28(4)27-23/h5-12,18H,13-17H2,1-4H3. The molecule has 1 saturated heterocycles. The maximum absolute atomic E-state index is 12.4. The molecule has 4 rings (SSSR count). The van der Waals surface area contributed by atoms with Gasteiger partial charge in [0.05, 0.1) is 17.7 Å². The molecule has 2 aromatic carbocycles. The number of rotatable bonds is 4. The number of hydrogen-bond acceptors (Lipinski definition) is 5. The van der Waals surface area contributed by atoms with Crippen LogP contribution < -0.4 is 10.3 Å². The highest BCUT2D eigenvalue weighted by Crippen LogP contribution is 2.27. The third kappa shape index (κ3) is 5.35. The molecule has 1 aromatic heterocycles. The molecule has 0 spiro atoms. The molecule has 0 unspecified atom stereocenters. The number of benzene rings is 2. The summed E-state index contributed by atoms with van der Waals surface area (Å²) in [5.41, 5.74) is 1.12. The maximum Gasteiger partial charge on any atom is 0.410 e. The number of amides is 1. The normalized spacial score (nSPS) is 15.0. The molecule has 0 bridgehead atoms. The third-order valence-corrected chi connectivity index (χ3v) is 5.84. The zero-order valence-corrected chi connectivity index (χ0v) is 19.7. The molecule has 1 fully saturated rings. The van der Waals surface area contributed by atoms with E-state index in [1.807, 2.05) is 69.3 Å². The fourth-order valence-corrected chi connectivity index (χ4v) is 4.04. The summed E-state index contributed by atoms with van der Waals surface area (Å²) in [5, 5.41) is 5.98. The van der Waals surface area contributed by atoms with Gasteiger partial charge in [0.1, 0.15) is 11.4 Å². The van der Waals surface area contributed by atoms with Crippen LogP contribution in [0.1, 0.15) is 33.6 Å². The highest BCUT2D eigenvalue weighted by molar-refractivity contribution is 5.93. The predicted molar refractivity (Wildman–Crippen MR) is 128 cm³/mol. The van der Waals surface area contributed by atoms with Crippen LogP contribution in [0.4, 0.5) is 4.79 Å². The highest BCUT2D eigenvalue weighted by atomic mass is 16.6. The zero-order valence-electron chi connectivity index (χ0n) is 19.7. The van der Waals surface area contributed by atoms with Crippen LogP contribution in [0, 0.1) is 5.92 Å². The van der Waals surface area contributed by atoms with E-state index in [0.29, 0.717) is 31.0 Å². The van der Waals surface area contributed by atoms with Gasteiger partial charge in [-0.2, -0.15) is 5.10 Å². The van der Waals surface area contributed by atoms with Crippen LogP contribution in [0.15, 0.2) is 53.3 Å². The molecule has 0 saturated carbocycles. The molecule has 0 N–H and O–H groups in total. The molecule has 7 nitrogen and oxygen atoms in total. The molecular weight excluding hydrogens is 418 g/mol. The molecule has 1 amide bonds. The van der Waals surface area contributed by atoms with Crippen molar-refractivity contribution in [1.29, 1.82) is 0 Å². The van der Waals surface area contributed by atoms with Crippen molar-refractivity contribution >= 4 is 16.9 Å². The summed E-state index contributed by atoms with van der Waals surface area (Å²) < 4.78 is 12.9. The number of aryl methyl sites for hydroxylation is 1. The van der Waals surface area contributed by atoms with Crippen molar-refractivity contribution in [2.75, 3.05) is 19.7 Å². The number of fused-ring (bicyclic) bond motifs is 1. The van der Waals surface area contributed by atoms with E-state index in [1.54, 1.807) is 11.9 Å². The second-order valence-electron chi connectivity index (χ2n) is 9.57. The Bertz CT molecular complexity index is 1190. The second-order valence-corrected chi connectivity index (χ2v) is 9.57. The molecule has 1 aliphatic rings. The molecule has 7 heteroatoms. The van der Waals surface area contributed by atoms with Crippen LogP contribution in [0.25, 0.3) is 22.0 Å². The Morgan fingerprint density at radius 1 is 1.03 bits per heavy atom. The minimum Gasteiger partial charge on any atom is -0.493 e. The Labute approximate surface area is 193 Å². The van der Waals surface area contributed by atoms with Gasteiger partial charge in [-0.1, -0.05) is 18.2 Å². The summed E-state index contributed by atoms with van der Waals surface area (Å²) >= 11 is 0. The third-order valence-electron chi connectivity index (χ3n) is 5.84. The van der Waals surface area contributed by atoms with Crippen LogP contribution in [-0.4, -0.2) is 46.1 Å². The molecule has 0 aliphatic carbocycles. The zero-order chi connectivity index (χ0) is 23.6. The highest BCUT2D eigenvalue weighted by Gasteiger charge is 2.27.